The molecule has 1 unspecified atom stereocenters. The molecular formula is C8H12N2O3. The van der Waals surface area contributed by atoms with Crippen molar-refractivity contribution in [3.8, 4) is 0 Å². The Hall–Kier alpha value is -1.36. The zero-order valence-electron chi connectivity index (χ0n) is 7.77. The number of rotatable bonds is 2. The molecule has 13 heavy (non-hydrogen) atoms. The Balaban J connectivity index is 3.21. The van der Waals surface area contributed by atoms with E-state index in [2.05, 4.69) is 5.10 Å². The van der Waals surface area contributed by atoms with Crippen LogP contribution in [0, 0.1) is 6.92 Å². The first-order chi connectivity index (χ1) is 5.85. The number of aryl methyl sites for hydroxylation is 2. The van der Waals surface area contributed by atoms with E-state index in [0.717, 1.165) is 0 Å². The molecule has 0 spiro atoms. The fourth-order valence-electron chi connectivity index (χ4n) is 1.19. The van der Waals surface area contributed by atoms with Crippen molar-refractivity contribution in [3.05, 3.63) is 17.5 Å². The highest BCUT2D eigenvalue weighted by Gasteiger charge is 2.35. The second-order valence-electron chi connectivity index (χ2n) is 3.18. The summed E-state index contributed by atoms with van der Waals surface area (Å²) in [6, 6.07) is 0. The Bertz CT molecular complexity index is 341. The van der Waals surface area contributed by atoms with E-state index in [1.165, 1.54) is 17.8 Å². The summed E-state index contributed by atoms with van der Waals surface area (Å²) < 4.78 is 1.47. The third-order valence-corrected chi connectivity index (χ3v) is 1.95. The summed E-state index contributed by atoms with van der Waals surface area (Å²) in [6.45, 7) is 2.89. The van der Waals surface area contributed by atoms with Gasteiger partial charge in [0.2, 0.25) is 0 Å². The first-order valence-corrected chi connectivity index (χ1v) is 3.82. The number of nitrogens with zero attached hydrogens (tertiary/aromatic N) is 2. The number of carbonyl (C=O) groups is 1. The molecule has 0 saturated heterocycles. The maximum Gasteiger partial charge on any atom is 0.340 e. The summed E-state index contributed by atoms with van der Waals surface area (Å²) in [5.41, 5.74) is -1.02. The van der Waals surface area contributed by atoms with Crippen molar-refractivity contribution in [2.24, 2.45) is 7.05 Å². The van der Waals surface area contributed by atoms with E-state index >= 15 is 0 Å². The van der Waals surface area contributed by atoms with E-state index in [0.29, 0.717) is 11.3 Å². The molecule has 72 valence electrons. The highest BCUT2D eigenvalue weighted by Crippen LogP contribution is 2.22. The Labute approximate surface area is 75.6 Å². The lowest BCUT2D eigenvalue weighted by Gasteiger charge is -2.16. The molecule has 0 amide bonds. The highest BCUT2D eigenvalue weighted by atomic mass is 16.4. The molecule has 1 heterocycles. The van der Waals surface area contributed by atoms with Gasteiger partial charge in [-0.15, -0.1) is 0 Å². The van der Waals surface area contributed by atoms with Crippen LogP contribution in [0.5, 0.6) is 0 Å². The van der Waals surface area contributed by atoms with Crippen molar-refractivity contribution < 1.29 is 15.0 Å². The van der Waals surface area contributed by atoms with Crippen LogP contribution < -0.4 is 0 Å². The summed E-state index contributed by atoms with van der Waals surface area (Å²) in [5, 5.41) is 22.3. The summed E-state index contributed by atoms with van der Waals surface area (Å²) in [5.74, 6) is -1.27. The van der Waals surface area contributed by atoms with Crippen LogP contribution in [0.4, 0.5) is 0 Å². The van der Waals surface area contributed by atoms with Crippen molar-refractivity contribution in [2.75, 3.05) is 0 Å². The van der Waals surface area contributed by atoms with Gasteiger partial charge in [-0.1, -0.05) is 0 Å². The van der Waals surface area contributed by atoms with Gasteiger partial charge in [0, 0.05) is 18.8 Å². The number of hydrogen-bond acceptors (Lipinski definition) is 3. The van der Waals surface area contributed by atoms with E-state index < -0.39 is 11.6 Å². The number of hydrogen-bond donors (Lipinski definition) is 2. The van der Waals surface area contributed by atoms with Crippen LogP contribution in [0.25, 0.3) is 0 Å². The summed E-state index contributed by atoms with van der Waals surface area (Å²) in [4.78, 5) is 10.7. The molecule has 0 aromatic carbocycles. The predicted molar refractivity (Wildman–Crippen MR) is 45.2 cm³/mol. The van der Waals surface area contributed by atoms with Crippen molar-refractivity contribution in [1.82, 2.24) is 9.78 Å². The number of carboxylic acid groups (broad SMARTS) is 1. The smallest absolute Gasteiger partial charge is 0.340 e. The highest BCUT2D eigenvalue weighted by molar-refractivity contribution is 5.78. The first-order valence-electron chi connectivity index (χ1n) is 3.82. The Morgan fingerprint density at radius 3 is 2.54 bits per heavy atom. The van der Waals surface area contributed by atoms with Gasteiger partial charge < -0.3 is 10.2 Å². The van der Waals surface area contributed by atoms with Gasteiger partial charge in [0.15, 0.2) is 5.60 Å². The molecule has 0 bridgehead atoms. The average molecular weight is 184 g/mol. The molecule has 0 aliphatic carbocycles. The Morgan fingerprint density at radius 2 is 2.23 bits per heavy atom. The molecule has 5 nitrogen and oxygen atoms in total. The third kappa shape index (κ3) is 1.55. The zero-order valence-corrected chi connectivity index (χ0v) is 7.77. The maximum absolute atomic E-state index is 10.7. The van der Waals surface area contributed by atoms with Crippen LogP contribution in [0.3, 0.4) is 0 Å². The van der Waals surface area contributed by atoms with Gasteiger partial charge in [-0.05, 0) is 13.8 Å². The molecule has 0 aliphatic rings. The normalized spacial score (nSPS) is 15.4. The minimum absolute atomic E-state index is 0.322. The number of aliphatic carboxylic acids is 1. The zero-order chi connectivity index (χ0) is 10.2. The second kappa shape index (κ2) is 2.85. The van der Waals surface area contributed by atoms with Crippen molar-refractivity contribution in [1.29, 1.82) is 0 Å². The minimum atomic E-state index is -1.86. The van der Waals surface area contributed by atoms with Gasteiger partial charge in [0.25, 0.3) is 0 Å². The van der Waals surface area contributed by atoms with Gasteiger partial charge in [0.1, 0.15) is 0 Å². The molecule has 1 aromatic rings. The van der Waals surface area contributed by atoms with Gasteiger partial charge in [-0.3, -0.25) is 4.68 Å². The van der Waals surface area contributed by atoms with E-state index in [4.69, 9.17) is 5.11 Å². The maximum atomic E-state index is 10.7. The van der Waals surface area contributed by atoms with E-state index in [1.54, 1.807) is 14.0 Å². The molecule has 0 saturated carbocycles. The second-order valence-corrected chi connectivity index (χ2v) is 3.18. The lowest BCUT2D eigenvalue weighted by atomic mass is 9.97. The first kappa shape index (κ1) is 9.73. The van der Waals surface area contributed by atoms with Crippen molar-refractivity contribution in [3.63, 3.8) is 0 Å². The monoisotopic (exact) mass is 184 g/mol. The van der Waals surface area contributed by atoms with Crippen LogP contribution in [-0.2, 0) is 17.4 Å². The van der Waals surface area contributed by atoms with Crippen LogP contribution in [0.1, 0.15) is 18.2 Å². The van der Waals surface area contributed by atoms with Gasteiger partial charge in [0.05, 0.1) is 5.69 Å². The van der Waals surface area contributed by atoms with Crippen LogP contribution >= 0.6 is 0 Å². The van der Waals surface area contributed by atoms with E-state index in [9.17, 15) is 9.90 Å². The van der Waals surface area contributed by atoms with Gasteiger partial charge in [-0.2, -0.15) is 5.10 Å². The fraction of sp³-hybridized carbons (Fsp3) is 0.500. The molecule has 0 radical (unpaired) electrons. The summed E-state index contributed by atoms with van der Waals surface area (Å²) in [6.07, 6.45) is 1.50. The minimum Gasteiger partial charge on any atom is -0.479 e. The van der Waals surface area contributed by atoms with Crippen molar-refractivity contribution >= 4 is 5.97 Å². The lowest BCUT2D eigenvalue weighted by Crippen LogP contribution is -2.32. The topological polar surface area (TPSA) is 75.3 Å². The molecule has 5 heteroatoms. The summed E-state index contributed by atoms with van der Waals surface area (Å²) in [7, 11) is 1.68. The van der Waals surface area contributed by atoms with E-state index in [-0.39, 0.29) is 0 Å². The fourth-order valence-corrected chi connectivity index (χ4v) is 1.19. The van der Waals surface area contributed by atoms with E-state index in [1.807, 2.05) is 0 Å². The predicted octanol–water partition coefficient (Wildman–Crippen LogP) is 0.0206. The quantitative estimate of drug-likeness (QED) is 0.679. The molecule has 2 N–H and O–H groups in total. The van der Waals surface area contributed by atoms with Crippen LogP contribution in [0.15, 0.2) is 6.20 Å². The molecule has 0 aliphatic heterocycles. The van der Waals surface area contributed by atoms with Gasteiger partial charge >= 0.3 is 5.97 Å². The SMILES string of the molecule is Cc1nn(C)cc1C(C)(O)C(=O)O. The molecule has 1 rings (SSSR count). The molecule has 1 aromatic heterocycles. The largest absolute Gasteiger partial charge is 0.479 e. The molecule has 0 fully saturated rings. The average Bonchev–Trinajstić information content (AvgIpc) is 2.30. The standard InChI is InChI=1S/C8H12N2O3/c1-5-6(4-10(3)9-5)8(2,13)7(11)12/h4,13H,1-3H3,(H,11,12). The lowest BCUT2D eigenvalue weighted by molar-refractivity contribution is -0.157. The van der Waals surface area contributed by atoms with Gasteiger partial charge in [-0.25, -0.2) is 4.79 Å². The third-order valence-electron chi connectivity index (χ3n) is 1.95. The molecule has 1 atom stereocenters. The number of carboxylic acids is 1. The van der Waals surface area contributed by atoms with Crippen LogP contribution in [-0.4, -0.2) is 26.0 Å². The molecular weight excluding hydrogens is 172 g/mol. The van der Waals surface area contributed by atoms with Crippen molar-refractivity contribution in [2.45, 2.75) is 19.4 Å². The number of aliphatic hydroxyl groups is 1. The number of aromatic nitrogens is 2. The summed E-state index contributed by atoms with van der Waals surface area (Å²) >= 11 is 0. The van der Waals surface area contributed by atoms with Crippen LogP contribution in [0.2, 0.25) is 0 Å². The Kier molecular flexibility index (Phi) is 2.13. The Morgan fingerprint density at radius 1 is 1.69 bits per heavy atom.